The largest absolute Gasteiger partial charge is 0.493 e. The first-order chi connectivity index (χ1) is 17.5. The monoisotopic (exact) mass is 627 g/mol. The van der Waals surface area contributed by atoms with E-state index in [2.05, 4.69) is 26.5 Å². The maximum atomic E-state index is 12.5. The van der Waals surface area contributed by atoms with Crippen LogP contribution in [-0.2, 0) is 21.4 Å². The van der Waals surface area contributed by atoms with Gasteiger partial charge < -0.3 is 9.47 Å². The number of amides is 1. The number of sulfonamides is 1. The third kappa shape index (κ3) is 8.10. The van der Waals surface area contributed by atoms with Crippen molar-refractivity contribution >= 4 is 67.0 Å². The molecule has 37 heavy (non-hydrogen) atoms. The summed E-state index contributed by atoms with van der Waals surface area (Å²) in [6.45, 7) is 1.56. The number of nitrogens with one attached hydrogen (secondary N) is 1. The van der Waals surface area contributed by atoms with Crippen molar-refractivity contribution in [2.24, 2.45) is 5.10 Å². The lowest BCUT2D eigenvalue weighted by Crippen LogP contribution is -2.39. The highest BCUT2D eigenvalue weighted by Crippen LogP contribution is 2.37. The number of nitrogens with zero attached hydrogens (tertiary/aromatic N) is 2. The van der Waals surface area contributed by atoms with Crippen LogP contribution in [-0.4, -0.2) is 40.4 Å². The average Bonchev–Trinajstić information content (AvgIpc) is 2.82. The highest BCUT2D eigenvalue weighted by Gasteiger charge is 2.22. The number of ether oxygens (including phenoxy) is 2. The summed E-state index contributed by atoms with van der Waals surface area (Å²) in [6.07, 6.45) is 2.43. The molecule has 196 valence electrons. The maximum absolute atomic E-state index is 12.5. The van der Waals surface area contributed by atoms with Crippen LogP contribution in [0, 0.1) is 6.92 Å². The molecule has 0 aliphatic heterocycles. The van der Waals surface area contributed by atoms with Crippen molar-refractivity contribution in [3.63, 3.8) is 0 Å². The summed E-state index contributed by atoms with van der Waals surface area (Å²) in [6, 6.07) is 15.5. The number of hydrogen-bond acceptors (Lipinski definition) is 6. The van der Waals surface area contributed by atoms with E-state index in [1.165, 1.54) is 13.3 Å². The van der Waals surface area contributed by atoms with Gasteiger partial charge in [-0.3, -0.25) is 9.10 Å². The molecule has 0 saturated carbocycles. The number of carbonyl (C=O) groups excluding carboxylic acids is 1. The zero-order valence-electron chi connectivity index (χ0n) is 20.2. The quantitative estimate of drug-likeness (QED) is 0.234. The molecule has 0 heterocycles. The molecule has 8 nitrogen and oxygen atoms in total. The third-order valence-corrected chi connectivity index (χ3v) is 7.27. The molecule has 1 N–H and O–H groups in total. The van der Waals surface area contributed by atoms with Crippen molar-refractivity contribution in [1.82, 2.24) is 5.43 Å². The molecule has 0 bridgehead atoms. The average molecular weight is 629 g/mol. The topological polar surface area (TPSA) is 97.3 Å². The molecule has 0 radical (unpaired) electrons. The summed E-state index contributed by atoms with van der Waals surface area (Å²) in [4.78, 5) is 12.5. The van der Waals surface area contributed by atoms with Gasteiger partial charge in [-0.25, -0.2) is 13.8 Å². The van der Waals surface area contributed by atoms with Crippen molar-refractivity contribution in [3.8, 4) is 11.5 Å². The fourth-order valence-electron chi connectivity index (χ4n) is 3.31. The lowest BCUT2D eigenvalue weighted by molar-refractivity contribution is -0.119. The SMILES string of the molecule is COc1cc(/C=N\NC(=O)CN(c2ccc(Cl)cc2C)S(C)(=O)=O)cc(Br)c1OCc1ccc(Cl)cc1. The second kappa shape index (κ2) is 12.6. The number of hydrazone groups is 1. The Balaban J connectivity index is 1.69. The van der Waals surface area contributed by atoms with Crippen LogP contribution in [0.2, 0.25) is 10.0 Å². The number of halogens is 3. The van der Waals surface area contributed by atoms with E-state index < -0.39 is 22.5 Å². The smallest absolute Gasteiger partial charge is 0.260 e. The van der Waals surface area contributed by atoms with Gasteiger partial charge in [0, 0.05) is 10.0 Å². The number of rotatable bonds is 10. The van der Waals surface area contributed by atoms with E-state index in [4.69, 9.17) is 32.7 Å². The van der Waals surface area contributed by atoms with Crippen molar-refractivity contribution in [2.75, 3.05) is 24.2 Å². The lowest BCUT2D eigenvalue weighted by Gasteiger charge is -2.23. The van der Waals surface area contributed by atoms with Crippen LogP contribution >= 0.6 is 39.1 Å². The second-order valence-corrected chi connectivity index (χ2v) is 11.6. The van der Waals surface area contributed by atoms with Crippen LogP contribution in [0.1, 0.15) is 16.7 Å². The molecule has 3 rings (SSSR count). The molecule has 0 aromatic heterocycles. The van der Waals surface area contributed by atoms with E-state index in [0.717, 1.165) is 16.1 Å². The number of methoxy groups -OCH3 is 1. The van der Waals surface area contributed by atoms with Gasteiger partial charge in [-0.15, -0.1) is 0 Å². The fraction of sp³-hybridized carbons (Fsp3) is 0.200. The molecule has 0 spiro atoms. The Morgan fingerprint density at radius 1 is 1.11 bits per heavy atom. The predicted octanol–water partition coefficient (Wildman–Crippen LogP) is 5.57. The van der Waals surface area contributed by atoms with Gasteiger partial charge in [0.25, 0.3) is 5.91 Å². The standard InChI is InChI=1S/C25H24BrCl2N3O5S/c1-16-10-20(28)8-9-22(16)31(37(3,33)34)14-24(32)30-29-13-18-11-21(26)25(23(12-18)35-2)36-15-17-4-6-19(27)7-5-17/h4-13H,14-15H2,1-3H3,(H,30,32)/b29-13-. The summed E-state index contributed by atoms with van der Waals surface area (Å²) in [5.74, 6) is 0.336. The Morgan fingerprint density at radius 3 is 2.41 bits per heavy atom. The van der Waals surface area contributed by atoms with E-state index >= 15 is 0 Å². The van der Waals surface area contributed by atoms with E-state index in [-0.39, 0.29) is 0 Å². The van der Waals surface area contributed by atoms with Gasteiger partial charge in [-0.1, -0.05) is 35.3 Å². The minimum atomic E-state index is -3.74. The first-order valence-electron chi connectivity index (χ1n) is 10.8. The van der Waals surface area contributed by atoms with Crippen LogP contribution in [0.3, 0.4) is 0 Å². The van der Waals surface area contributed by atoms with Crippen LogP contribution in [0.15, 0.2) is 64.2 Å². The van der Waals surface area contributed by atoms with Gasteiger partial charge >= 0.3 is 0 Å². The van der Waals surface area contributed by atoms with E-state index in [1.807, 2.05) is 12.1 Å². The van der Waals surface area contributed by atoms with Crippen LogP contribution < -0.4 is 19.2 Å². The number of benzene rings is 3. The van der Waals surface area contributed by atoms with Gasteiger partial charge in [-0.05, 0) is 82.0 Å². The van der Waals surface area contributed by atoms with E-state index in [1.54, 1.807) is 49.4 Å². The third-order valence-electron chi connectivity index (χ3n) is 5.07. The maximum Gasteiger partial charge on any atom is 0.260 e. The van der Waals surface area contributed by atoms with Gasteiger partial charge in [-0.2, -0.15) is 5.10 Å². The normalized spacial score (nSPS) is 11.4. The minimum absolute atomic E-state index is 0.305. The molecule has 0 atom stereocenters. The van der Waals surface area contributed by atoms with Crippen molar-refractivity contribution in [2.45, 2.75) is 13.5 Å². The van der Waals surface area contributed by atoms with Crippen molar-refractivity contribution < 1.29 is 22.7 Å². The minimum Gasteiger partial charge on any atom is -0.493 e. The zero-order valence-corrected chi connectivity index (χ0v) is 24.1. The molecule has 0 fully saturated rings. The number of aryl methyl sites for hydroxylation is 1. The highest BCUT2D eigenvalue weighted by atomic mass is 79.9. The Bertz CT molecular complexity index is 1420. The number of carbonyl (C=O) groups is 1. The molecular weight excluding hydrogens is 605 g/mol. The Morgan fingerprint density at radius 2 is 1.78 bits per heavy atom. The first-order valence-corrected chi connectivity index (χ1v) is 14.2. The van der Waals surface area contributed by atoms with Gasteiger partial charge in [0.15, 0.2) is 11.5 Å². The molecule has 1 amide bonds. The van der Waals surface area contributed by atoms with E-state index in [0.29, 0.717) is 49.4 Å². The Hall–Kier alpha value is -2.79. The molecule has 0 aliphatic rings. The van der Waals surface area contributed by atoms with Gasteiger partial charge in [0.2, 0.25) is 10.0 Å². The molecule has 0 saturated heterocycles. The summed E-state index contributed by atoms with van der Waals surface area (Å²) in [5, 5.41) is 5.06. The molecule has 3 aromatic carbocycles. The Labute approximate surface area is 234 Å². The van der Waals surface area contributed by atoms with Crippen molar-refractivity contribution in [1.29, 1.82) is 0 Å². The van der Waals surface area contributed by atoms with Gasteiger partial charge in [0.1, 0.15) is 13.2 Å². The van der Waals surface area contributed by atoms with Crippen LogP contribution in [0.4, 0.5) is 5.69 Å². The summed E-state index contributed by atoms with van der Waals surface area (Å²) in [7, 11) is -2.23. The van der Waals surface area contributed by atoms with Crippen LogP contribution in [0.5, 0.6) is 11.5 Å². The fourth-order valence-corrected chi connectivity index (χ4v) is 5.16. The van der Waals surface area contributed by atoms with Crippen molar-refractivity contribution in [3.05, 3.63) is 85.8 Å². The Kier molecular flexibility index (Phi) is 9.83. The molecule has 12 heteroatoms. The lowest BCUT2D eigenvalue weighted by atomic mass is 10.2. The molecule has 0 unspecified atom stereocenters. The second-order valence-electron chi connectivity index (χ2n) is 7.94. The summed E-state index contributed by atoms with van der Waals surface area (Å²) in [5.41, 5.74) is 4.87. The summed E-state index contributed by atoms with van der Waals surface area (Å²) >= 11 is 15.4. The molecular formula is C25H24BrCl2N3O5S. The summed E-state index contributed by atoms with van der Waals surface area (Å²) < 4.78 is 37.7. The first kappa shape index (κ1) is 28.8. The molecule has 0 aliphatic carbocycles. The highest BCUT2D eigenvalue weighted by molar-refractivity contribution is 9.10. The van der Waals surface area contributed by atoms with Gasteiger partial charge in [0.05, 0.1) is 29.7 Å². The van der Waals surface area contributed by atoms with Crippen LogP contribution in [0.25, 0.3) is 0 Å². The molecule has 3 aromatic rings. The number of hydrogen-bond donors (Lipinski definition) is 1. The van der Waals surface area contributed by atoms with E-state index in [9.17, 15) is 13.2 Å². The number of anilines is 1. The predicted molar refractivity (Wildman–Crippen MR) is 151 cm³/mol. The zero-order chi connectivity index (χ0) is 27.2.